The minimum Gasteiger partial charge on any atom is -0.271 e. The van der Waals surface area contributed by atoms with E-state index in [1.54, 1.807) is 6.20 Å². The van der Waals surface area contributed by atoms with E-state index >= 15 is 0 Å². The monoisotopic (exact) mass is 198 g/mol. The molecule has 0 bridgehead atoms. The SMILES string of the molecule is CC1CCC(Cn2cc(Cl)cn2)C1. The lowest BCUT2D eigenvalue weighted by molar-refractivity contribution is 0.416. The summed E-state index contributed by atoms with van der Waals surface area (Å²) < 4.78 is 1.96. The molecule has 0 saturated heterocycles. The van der Waals surface area contributed by atoms with Crippen molar-refractivity contribution in [2.24, 2.45) is 11.8 Å². The second-order valence-corrected chi connectivity index (χ2v) is 4.60. The highest BCUT2D eigenvalue weighted by atomic mass is 35.5. The number of nitrogens with zero attached hydrogens (tertiary/aromatic N) is 2. The van der Waals surface area contributed by atoms with Crippen LogP contribution in [-0.2, 0) is 6.54 Å². The van der Waals surface area contributed by atoms with Crippen LogP contribution in [0.4, 0.5) is 0 Å². The molecule has 0 N–H and O–H groups in total. The Hall–Kier alpha value is -0.500. The Balaban J connectivity index is 1.91. The number of aromatic nitrogens is 2. The van der Waals surface area contributed by atoms with Crippen molar-refractivity contribution in [3.8, 4) is 0 Å². The largest absolute Gasteiger partial charge is 0.271 e. The van der Waals surface area contributed by atoms with Crippen LogP contribution in [0.1, 0.15) is 26.2 Å². The third kappa shape index (κ3) is 2.25. The zero-order valence-electron chi connectivity index (χ0n) is 7.91. The Kier molecular flexibility index (Phi) is 2.58. The van der Waals surface area contributed by atoms with Crippen LogP contribution in [0.3, 0.4) is 0 Å². The molecule has 1 heterocycles. The fraction of sp³-hybridized carbons (Fsp3) is 0.700. The second-order valence-electron chi connectivity index (χ2n) is 4.16. The Morgan fingerprint density at radius 3 is 3.00 bits per heavy atom. The molecular formula is C10H15ClN2. The number of halogens is 1. The van der Waals surface area contributed by atoms with Gasteiger partial charge in [0.1, 0.15) is 0 Å². The highest BCUT2D eigenvalue weighted by molar-refractivity contribution is 6.30. The zero-order chi connectivity index (χ0) is 9.26. The average Bonchev–Trinajstić information content (AvgIpc) is 2.62. The van der Waals surface area contributed by atoms with Crippen LogP contribution in [-0.4, -0.2) is 9.78 Å². The third-order valence-corrected chi connectivity index (χ3v) is 3.05. The minimum atomic E-state index is 0.742. The minimum absolute atomic E-state index is 0.742. The zero-order valence-corrected chi connectivity index (χ0v) is 8.67. The molecule has 2 atom stereocenters. The maximum Gasteiger partial charge on any atom is 0.0785 e. The molecule has 13 heavy (non-hydrogen) atoms. The summed E-state index contributed by atoms with van der Waals surface area (Å²) in [5.41, 5.74) is 0. The molecule has 3 heteroatoms. The molecule has 1 fully saturated rings. The Morgan fingerprint density at radius 2 is 2.46 bits per heavy atom. The van der Waals surface area contributed by atoms with Gasteiger partial charge in [-0.25, -0.2) is 0 Å². The van der Waals surface area contributed by atoms with Gasteiger partial charge in [0.25, 0.3) is 0 Å². The molecule has 2 nitrogen and oxygen atoms in total. The van der Waals surface area contributed by atoms with E-state index < -0.39 is 0 Å². The standard InChI is InChI=1S/C10H15ClN2/c1-8-2-3-9(4-8)6-13-7-10(11)5-12-13/h5,7-9H,2-4,6H2,1H3. The molecule has 0 spiro atoms. The summed E-state index contributed by atoms with van der Waals surface area (Å²) in [4.78, 5) is 0. The topological polar surface area (TPSA) is 17.8 Å². The molecule has 0 radical (unpaired) electrons. The second kappa shape index (κ2) is 3.70. The summed E-state index contributed by atoms with van der Waals surface area (Å²) in [5.74, 6) is 1.71. The van der Waals surface area contributed by atoms with Gasteiger partial charge in [0.2, 0.25) is 0 Å². The summed E-state index contributed by atoms with van der Waals surface area (Å²) in [6.07, 6.45) is 7.68. The lowest BCUT2D eigenvalue weighted by Gasteiger charge is -2.08. The summed E-state index contributed by atoms with van der Waals surface area (Å²) in [6.45, 7) is 3.37. The quantitative estimate of drug-likeness (QED) is 0.715. The van der Waals surface area contributed by atoms with Gasteiger partial charge in [-0.3, -0.25) is 4.68 Å². The number of hydrogen-bond acceptors (Lipinski definition) is 1. The van der Waals surface area contributed by atoms with Crippen molar-refractivity contribution >= 4 is 11.6 Å². The fourth-order valence-corrected chi connectivity index (χ4v) is 2.35. The Morgan fingerprint density at radius 1 is 1.62 bits per heavy atom. The summed E-state index contributed by atoms with van der Waals surface area (Å²) >= 11 is 5.79. The molecule has 72 valence electrons. The van der Waals surface area contributed by atoms with Crippen LogP contribution in [0.15, 0.2) is 12.4 Å². The van der Waals surface area contributed by atoms with E-state index in [9.17, 15) is 0 Å². The van der Waals surface area contributed by atoms with Crippen molar-refractivity contribution in [3.05, 3.63) is 17.4 Å². The van der Waals surface area contributed by atoms with Gasteiger partial charge in [-0.05, 0) is 24.7 Å². The summed E-state index contributed by atoms with van der Waals surface area (Å²) in [5, 5.41) is 4.93. The van der Waals surface area contributed by atoms with E-state index in [1.807, 2.05) is 10.9 Å². The van der Waals surface area contributed by atoms with Crippen molar-refractivity contribution < 1.29 is 0 Å². The molecule has 1 saturated carbocycles. The Labute approximate surface area is 83.9 Å². The van der Waals surface area contributed by atoms with Crippen molar-refractivity contribution in [2.45, 2.75) is 32.7 Å². The average molecular weight is 199 g/mol. The van der Waals surface area contributed by atoms with Crippen molar-refractivity contribution in [1.82, 2.24) is 9.78 Å². The number of rotatable bonds is 2. The summed E-state index contributed by atoms with van der Waals surface area (Å²) in [6, 6.07) is 0. The molecular weight excluding hydrogens is 184 g/mol. The van der Waals surface area contributed by atoms with E-state index in [0.29, 0.717) is 0 Å². The van der Waals surface area contributed by atoms with Gasteiger partial charge in [-0.2, -0.15) is 5.10 Å². The highest BCUT2D eigenvalue weighted by Crippen LogP contribution is 2.31. The molecule has 1 aromatic rings. The highest BCUT2D eigenvalue weighted by Gasteiger charge is 2.21. The van der Waals surface area contributed by atoms with E-state index in [0.717, 1.165) is 23.4 Å². The maximum atomic E-state index is 5.79. The smallest absolute Gasteiger partial charge is 0.0785 e. The molecule has 1 aliphatic rings. The molecule has 0 aromatic carbocycles. The van der Waals surface area contributed by atoms with Gasteiger partial charge in [-0.15, -0.1) is 0 Å². The van der Waals surface area contributed by atoms with Gasteiger partial charge in [-0.1, -0.05) is 24.9 Å². The van der Waals surface area contributed by atoms with Gasteiger partial charge < -0.3 is 0 Å². The van der Waals surface area contributed by atoms with Gasteiger partial charge in [0, 0.05) is 12.7 Å². The van der Waals surface area contributed by atoms with Crippen LogP contribution in [0.2, 0.25) is 5.02 Å². The van der Waals surface area contributed by atoms with Crippen molar-refractivity contribution in [2.75, 3.05) is 0 Å². The predicted molar refractivity (Wildman–Crippen MR) is 53.7 cm³/mol. The first-order chi connectivity index (χ1) is 6.24. The lowest BCUT2D eigenvalue weighted by Crippen LogP contribution is -2.07. The first-order valence-corrected chi connectivity index (χ1v) is 5.30. The fourth-order valence-electron chi connectivity index (χ4n) is 2.19. The van der Waals surface area contributed by atoms with E-state index in [4.69, 9.17) is 11.6 Å². The van der Waals surface area contributed by atoms with E-state index in [-0.39, 0.29) is 0 Å². The van der Waals surface area contributed by atoms with Crippen LogP contribution in [0, 0.1) is 11.8 Å². The van der Waals surface area contributed by atoms with Gasteiger partial charge >= 0.3 is 0 Å². The first kappa shape index (κ1) is 9.07. The van der Waals surface area contributed by atoms with Crippen molar-refractivity contribution in [3.63, 3.8) is 0 Å². The first-order valence-electron chi connectivity index (χ1n) is 4.92. The molecule has 1 aliphatic carbocycles. The van der Waals surface area contributed by atoms with Gasteiger partial charge in [0.05, 0.1) is 11.2 Å². The normalized spacial score (nSPS) is 28.2. The molecule has 2 rings (SSSR count). The van der Waals surface area contributed by atoms with Crippen LogP contribution >= 0.6 is 11.6 Å². The predicted octanol–water partition coefficient (Wildman–Crippen LogP) is 2.97. The molecule has 0 aliphatic heterocycles. The molecule has 1 aromatic heterocycles. The van der Waals surface area contributed by atoms with E-state index in [1.165, 1.54) is 19.3 Å². The number of hydrogen-bond donors (Lipinski definition) is 0. The maximum absolute atomic E-state index is 5.79. The van der Waals surface area contributed by atoms with Crippen LogP contribution in [0.25, 0.3) is 0 Å². The molecule has 0 amide bonds. The third-order valence-electron chi connectivity index (χ3n) is 2.85. The molecule has 2 unspecified atom stereocenters. The van der Waals surface area contributed by atoms with Gasteiger partial charge in [0.15, 0.2) is 0 Å². The van der Waals surface area contributed by atoms with E-state index in [2.05, 4.69) is 12.0 Å². The summed E-state index contributed by atoms with van der Waals surface area (Å²) in [7, 11) is 0. The van der Waals surface area contributed by atoms with Crippen molar-refractivity contribution in [1.29, 1.82) is 0 Å². The van der Waals surface area contributed by atoms with Crippen LogP contribution < -0.4 is 0 Å². The van der Waals surface area contributed by atoms with Crippen LogP contribution in [0.5, 0.6) is 0 Å². The lowest BCUT2D eigenvalue weighted by atomic mass is 10.1. The Bertz CT molecular complexity index is 282.